The van der Waals surface area contributed by atoms with Crippen molar-refractivity contribution in [3.05, 3.63) is 48.6 Å². The third-order valence-corrected chi connectivity index (χ3v) is 4.45. The van der Waals surface area contributed by atoms with Gasteiger partial charge in [0.05, 0.1) is 24.4 Å². The van der Waals surface area contributed by atoms with Crippen molar-refractivity contribution in [1.82, 2.24) is 0 Å². The van der Waals surface area contributed by atoms with Crippen LogP contribution >= 0.6 is 0 Å². The van der Waals surface area contributed by atoms with Crippen LogP contribution in [0.1, 0.15) is 51.9 Å². The molecule has 0 radical (unpaired) electrons. The number of hydrogen-bond acceptors (Lipinski definition) is 5. The van der Waals surface area contributed by atoms with Crippen LogP contribution in [0.25, 0.3) is 0 Å². The molecule has 6 heteroatoms. The smallest absolute Gasteiger partial charge is 0.303 e. The summed E-state index contributed by atoms with van der Waals surface area (Å²) >= 11 is 0. The van der Waals surface area contributed by atoms with E-state index in [0.717, 1.165) is 19.3 Å². The molecule has 1 aliphatic heterocycles. The van der Waals surface area contributed by atoms with Crippen LogP contribution in [0.5, 0.6) is 0 Å². The first-order valence-corrected chi connectivity index (χ1v) is 9.98. The summed E-state index contributed by atoms with van der Waals surface area (Å²) in [6.45, 7) is 2.10. The van der Waals surface area contributed by atoms with Crippen LogP contribution in [0.15, 0.2) is 48.6 Å². The Hall–Kier alpha value is -1.73. The SMILES string of the molecule is CC/C=C\C/C=C\C/C=C\C[C@H](O)/C=C/[C@H]1O[C@@H]([C@@H](O)CCC(=O)O)C[C@H]1O. The van der Waals surface area contributed by atoms with Gasteiger partial charge in [-0.1, -0.05) is 55.5 Å². The zero-order valence-electron chi connectivity index (χ0n) is 16.6. The van der Waals surface area contributed by atoms with E-state index in [2.05, 4.69) is 31.2 Å². The fraction of sp³-hybridized carbons (Fsp3) is 0.591. The minimum absolute atomic E-state index is 0.0832. The van der Waals surface area contributed by atoms with Crippen LogP contribution < -0.4 is 0 Å². The Kier molecular flexibility index (Phi) is 12.4. The van der Waals surface area contributed by atoms with Crippen molar-refractivity contribution in [1.29, 1.82) is 0 Å². The van der Waals surface area contributed by atoms with Crippen LogP contribution in [0.3, 0.4) is 0 Å². The molecule has 5 atom stereocenters. The van der Waals surface area contributed by atoms with Gasteiger partial charge in [0.15, 0.2) is 0 Å². The molecule has 0 spiro atoms. The molecule has 0 aliphatic carbocycles. The van der Waals surface area contributed by atoms with Gasteiger partial charge >= 0.3 is 5.97 Å². The van der Waals surface area contributed by atoms with Crippen LogP contribution in [0.2, 0.25) is 0 Å². The van der Waals surface area contributed by atoms with Gasteiger partial charge in [-0.05, 0) is 32.1 Å². The van der Waals surface area contributed by atoms with Gasteiger partial charge in [-0.2, -0.15) is 0 Å². The number of carboxylic acid groups (broad SMARTS) is 1. The highest BCUT2D eigenvalue weighted by Gasteiger charge is 2.36. The normalized spacial score (nSPS) is 25.5. The first kappa shape index (κ1) is 24.3. The topological polar surface area (TPSA) is 107 Å². The summed E-state index contributed by atoms with van der Waals surface area (Å²) in [6.07, 6.45) is 15.4. The lowest BCUT2D eigenvalue weighted by molar-refractivity contribution is -0.138. The fourth-order valence-electron chi connectivity index (χ4n) is 2.86. The zero-order valence-corrected chi connectivity index (χ0v) is 16.6. The Morgan fingerprint density at radius 3 is 2.39 bits per heavy atom. The van der Waals surface area contributed by atoms with Crippen molar-refractivity contribution in [3.63, 3.8) is 0 Å². The van der Waals surface area contributed by atoms with Crippen molar-refractivity contribution < 1.29 is 30.0 Å². The number of carboxylic acids is 1. The number of aliphatic hydroxyl groups excluding tert-OH is 3. The number of ether oxygens (including phenoxy) is 1. The van der Waals surface area contributed by atoms with Gasteiger partial charge in [0.25, 0.3) is 0 Å². The number of rotatable bonds is 13. The summed E-state index contributed by atoms with van der Waals surface area (Å²) in [4.78, 5) is 10.6. The predicted octanol–water partition coefficient (Wildman–Crippen LogP) is 2.90. The molecule has 0 amide bonds. The summed E-state index contributed by atoms with van der Waals surface area (Å²) in [7, 11) is 0. The van der Waals surface area contributed by atoms with E-state index in [9.17, 15) is 20.1 Å². The lowest BCUT2D eigenvalue weighted by atomic mass is 10.0. The Labute approximate surface area is 167 Å². The monoisotopic (exact) mass is 394 g/mol. The van der Waals surface area contributed by atoms with Gasteiger partial charge in [-0.25, -0.2) is 0 Å². The second kappa shape index (κ2) is 14.3. The second-order valence-corrected chi connectivity index (χ2v) is 6.92. The van der Waals surface area contributed by atoms with E-state index in [1.807, 2.05) is 12.2 Å². The average molecular weight is 395 g/mol. The summed E-state index contributed by atoms with van der Waals surface area (Å²) in [5.74, 6) is -0.978. The zero-order chi connectivity index (χ0) is 20.8. The molecule has 1 saturated heterocycles. The van der Waals surface area contributed by atoms with Crippen molar-refractivity contribution in [3.8, 4) is 0 Å². The van der Waals surface area contributed by atoms with Crippen molar-refractivity contribution in [2.24, 2.45) is 0 Å². The van der Waals surface area contributed by atoms with E-state index in [0.29, 0.717) is 6.42 Å². The third kappa shape index (κ3) is 10.6. The van der Waals surface area contributed by atoms with E-state index < -0.39 is 36.5 Å². The van der Waals surface area contributed by atoms with Gasteiger partial charge in [0.1, 0.15) is 6.10 Å². The quantitative estimate of drug-likeness (QED) is 0.358. The largest absolute Gasteiger partial charge is 0.481 e. The molecule has 1 heterocycles. The molecule has 28 heavy (non-hydrogen) atoms. The molecule has 0 unspecified atom stereocenters. The highest BCUT2D eigenvalue weighted by molar-refractivity contribution is 5.66. The lowest BCUT2D eigenvalue weighted by Gasteiger charge is -2.17. The Balaban J connectivity index is 2.29. The summed E-state index contributed by atoms with van der Waals surface area (Å²) in [6, 6.07) is 0. The van der Waals surface area contributed by atoms with Crippen LogP contribution in [-0.2, 0) is 9.53 Å². The molecule has 158 valence electrons. The molecule has 0 aromatic carbocycles. The average Bonchev–Trinajstić information content (AvgIpc) is 3.04. The van der Waals surface area contributed by atoms with Gasteiger partial charge < -0.3 is 25.2 Å². The molecular weight excluding hydrogens is 360 g/mol. The number of aliphatic hydroxyl groups is 3. The minimum Gasteiger partial charge on any atom is -0.481 e. The Morgan fingerprint density at radius 1 is 1.11 bits per heavy atom. The standard InChI is InChI=1S/C22H34O6/c1-2-3-4-5-6-7-8-9-10-11-17(23)12-14-20-19(25)16-21(28-20)18(24)13-15-22(26)27/h3-4,6-7,9-10,12,14,17-21,23-25H,2,5,8,11,13,15-16H2,1H3,(H,26,27)/b4-3-,7-6-,10-9-,14-12+/t17-,18-,19+,20+,21+/m0/s1. The molecule has 6 nitrogen and oxygen atoms in total. The van der Waals surface area contributed by atoms with E-state index in [-0.39, 0.29) is 19.3 Å². The molecule has 0 aromatic rings. The summed E-state index contributed by atoms with van der Waals surface area (Å²) < 4.78 is 5.59. The number of allylic oxidation sites excluding steroid dienone is 5. The minimum atomic E-state index is -0.978. The molecule has 1 fully saturated rings. The van der Waals surface area contributed by atoms with E-state index in [4.69, 9.17) is 9.84 Å². The van der Waals surface area contributed by atoms with E-state index >= 15 is 0 Å². The maximum Gasteiger partial charge on any atom is 0.303 e. The van der Waals surface area contributed by atoms with E-state index in [1.54, 1.807) is 12.2 Å². The maximum absolute atomic E-state index is 10.6. The summed E-state index contributed by atoms with van der Waals surface area (Å²) in [5, 5.41) is 38.7. The van der Waals surface area contributed by atoms with Gasteiger partial charge in [0.2, 0.25) is 0 Å². The Morgan fingerprint density at radius 2 is 1.75 bits per heavy atom. The van der Waals surface area contributed by atoms with Crippen molar-refractivity contribution in [2.75, 3.05) is 0 Å². The van der Waals surface area contributed by atoms with Gasteiger partial charge in [0, 0.05) is 12.8 Å². The molecule has 0 saturated carbocycles. The second-order valence-electron chi connectivity index (χ2n) is 6.92. The highest BCUT2D eigenvalue weighted by atomic mass is 16.5. The molecule has 0 bridgehead atoms. The van der Waals surface area contributed by atoms with Gasteiger partial charge in [-0.15, -0.1) is 0 Å². The third-order valence-electron chi connectivity index (χ3n) is 4.45. The predicted molar refractivity (Wildman–Crippen MR) is 109 cm³/mol. The molecule has 1 aliphatic rings. The summed E-state index contributed by atoms with van der Waals surface area (Å²) in [5.41, 5.74) is 0. The molecule has 0 aromatic heterocycles. The van der Waals surface area contributed by atoms with Crippen LogP contribution in [-0.4, -0.2) is 56.9 Å². The molecule has 4 N–H and O–H groups in total. The Bertz CT molecular complexity index is 551. The number of carbonyl (C=O) groups is 1. The van der Waals surface area contributed by atoms with Crippen molar-refractivity contribution in [2.45, 2.75) is 82.4 Å². The molecular formula is C22H34O6. The number of aliphatic carboxylic acids is 1. The van der Waals surface area contributed by atoms with Crippen LogP contribution in [0.4, 0.5) is 0 Å². The molecule has 1 rings (SSSR count). The maximum atomic E-state index is 10.6. The number of hydrogen-bond donors (Lipinski definition) is 4. The first-order valence-electron chi connectivity index (χ1n) is 9.98. The van der Waals surface area contributed by atoms with Crippen LogP contribution in [0, 0.1) is 0 Å². The first-order chi connectivity index (χ1) is 13.4. The van der Waals surface area contributed by atoms with E-state index in [1.165, 1.54) is 0 Å². The fourth-order valence-corrected chi connectivity index (χ4v) is 2.86. The highest BCUT2D eigenvalue weighted by Crippen LogP contribution is 2.25. The lowest BCUT2D eigenvalue weighted by Crippen LogP contribution is -2.26. The van der Waals surface area contributed by atoms with Crippen molar-refractivity contribution >= 4 is 5.97 Å². The van der Waals surface area contributed by atoms with Gasteiger partial charge in [-0.3, -0.25) is 4.79 Å².